The van der Waals surface area contributed by atoms with Crippen molar-refractivity contribution in [3.63, 3.8) is 0 Å². The van der Waals surface area contributed by atoms with Crippen molar-refractivity contribution in [3.8, 4) is 5.75 Å². The second kappa shape index (κ2) is 5.61. The zero-order chi connectivity index (χ0) is 14.1. The van der Waals surface area contributed by atoms with E-state index in [1.807, 2.05) is 0 Å². The highest BCUT2D eigenvalue weighted by atomic mass is 79.9. The van der Waals surface area contributed by atoms with Crippen molar-refractivity contribution >= 4 is 21.8 Å². The largest absolute Gasteiger partial charge is 0.493 e. The molecule has 1 aromatic rings. The standard InChI is InChI=1S/C14H18BrN3O2/c15-11-6-9-3-5-20-13(9)10(7-11)8-18-4-1-2-12(18)14(16)17-19/h6-7,12,19H,1-5,8H2,(H2,16,17). The van der Waals surface area contributed by atoms with E-state index in [4.69, 9.17) is 15.7 Å². The summed E-state index contributed by atoms with van der Waals surface area (Å²) in [5.74, 6) is 1.31. The van der Waals surface area contributed by atoms with Gasteiger partial charge in [-0.25, -0.2) is 0 Å². The third-order valence-electron chi connectivity index (χ3n) is 4.02. The van der Waals surface area contributed by atoms with Gasteiger partial charge in [0, 0.05) is 23.0 Å². The average molecular weight is 340 g/mol. The molecule has 2 heterocycles. The third-order valence-corrected chi connectivity index (χ3v) is 4.48. The summed E-state index contributed by atoms with van der Waals surface area (Å²) in [4.78, 5) is 2.25. The molecule has 3 rings (SSSR count). The molecule has 1 atom stereocenters. The van der Waals surface area contributed by atoms with Crippen LogP contribution in [-0.2, 0) is 13.0 Å². The van der Waals surface area contributed by atoms with Crippen LogP contribution in [0.15, 0.2) is 21.8 Å². The first-order valence-corrected chi connectivity index (χ1v) is 7.64. The maximum Gasteiger partial charge on any atom is 0.156 e. The van der Waals surface area contributed by atoms with Gasteiger partial charge >= 0.3 is 0 Å². The minimum absolute atomic E-state index is 0.0241. The second-order valence-corrected chi connectivity index (χ2v) is 6.22. The van der Waals surface area contributed by atoms with E-state index in [9.17, 15) is 0 Å². The van der Waals surface area contributed by atoms with E-state index in [0.29, 0.717) is 5.84 Å². The van der Waals surface area contributed by atoms with Crippen molar-refractivity contribution in [2.24, 2.45) is 10.9 Å². The van der Waals surface area contributed by atoms with E-state index in [-0.39, 0.29) is 6.04 Å². The van der Waals surface area contributed by atoms with Crippen molar-refractivity contribution in [1.29, 1.82) is 0 Å². The molecule has 2 aliphatic rings. The van der Waals surface area contributed by atoms with E-state index >= 15 is 0 Å². The lowest BCUT2D eigenvalue weighted by atomic mass is 10.1. The molecule has 2 aliphatic heterocycles. The van der Waals surface area contributed by atoms with Gasteiger partial charge in [-0.3, -0.25) is 4.90 Å². The van der Waals surface area contributed by atoms with Gasteiger partial charge in [0.1, 0.15) is 5.75 Å². The smallest absolute Gasteiger partial charge is 0.156 e. The predicted molar refractivity (Wildman–Crippen MR) is 80.2 cm³/mol. The molecule has 0 aliphatic carbocycles. The Hall–Kier alpha value is -1.27. The molecule has 3 N–H and O–H groups in total. The summed E-state index contributed by atoms with van der Waals surface area (Å²) in [6.07, 6.45) is 2.97. The van der Waals surface area contributed by atoms with Crippen molar-refractivity contribution in [1.82, 2.24) is 4.90 Å². The van der Waals surface area contributed by atoms with Crippen molar-refractivity contribution in [3.05, 3.63) is 27.7 Å². The molecule has 1 aromatic carbocycles. The first-order chi connectivity index (χ1) is 9.69. The number of hydrogen-bond acceptors (Lipinski definition) is 4. The zero-order valence-electron chi connectivity index (χ0n) is 11.2. The number of likely N-dealkylation sites (tertiary alicyclic amines) is 1. The molecule has 0 amide bonds. The fraction of sp³-hybridized carbons (Fsp3) is 0.500. The number of fused-ring (bicyclic) bond motifs is 1. The molecule has 0 aromatic heterocycles. The Morgan fingerprint density at radius 2 is 2.40 bits per heavy atom. The van der Waals surface area contributed by atoms with Gasteiger partial charge in [0.15, 0.2) is 5.84 Å². The van der Waals surface area contributed by atoms with Gasteiger partial charge in [0.2, 0.25) is 0 Å². The highest BCUT2D eigenvalue weighted by molar-refractivity contribution is 9.10. The Kier molecular flexibility index (Phi) is 3.85. The van der Waals surface area contributed by atoms with Crippen LogP contribution in [0.3, 0.4) is 0 Å². The van der Waals surface area contributed by atoms with Crippen LogP contribution < -0.4 is 10.5 Å². The fourth-order valence-corrected chi connectivity index (χ4v) is 3.65. The SMILES string of the molecule is N/C(=N/O)C1CCCN1Cc1cc(Br)cc2c1OCC2. The Morgan fingerprint density at radius 1 is 1.55 bits per heavy atom. The molecule has 1 unspecified atom stereocenters. The van der Waals surface area contributed by atoms with E-state index < -0.39 is 0 Å². The van der Waals surface area contributed by atoms with Gasteiger partial charge in [-0.15, -0.1) is 0 Å². The zero-order valence-corrected chi connectivity index (χ0v) is 12.8. The number of oxime groups is 1. The molecule has 20 heavy (non-hydrogen) atoms. The summed E-state index contributed by atoms with van der Waals surface area (Å²) in [6, 6.07) is 4.25. The monoisotopic (exact) mass is 339 g/mol. The second-order valence-electron chi connectivity index (χ2n) is 5.30. The summed E-state index contributed by atoms with van der Waals surface area (Å²) < 4.78 is 6.84. The van der Waals surface area contributed by atoms with Gasteiger partial charge in [0.05, 0.1) is 12.6 Å². The number of halogens is 1. The van der Waals surface area contributed by atoms with Crippen LogP contribution in [0.2, 0.25) is 0 Å². The van der Waals surface area contributed by atoms with Gasteiger partial charge in [0.25, 0.3) is 0 Å². The van der Waals surface area contributed by atoms with E-state index in [1.165, 1.54) is 11.1 Å². The van der Waals surface area contributed by atoms with Crippen LogP contribution in [0.5, 0.6) is 5.75 Å². The first-order valence-electron chi connectivity index (χ1n) is 6.84. The molecule has 1 saturated heterocycles. The summed E-state index contributed by atoms with van der Waals surface area (Å²) in [5, 5.41) is 12.0. The minimum Gasteiger partial charge on any atom is -0.493 e. The summed E-state index contributed by atoms with van der Waals surface area (Å²) >= 11 is 3.56. The Balaban J connectivity index is 1.85. The van der Waals surface area contributed by atoms with Crippen LogP contribution in [0.1, 0.15) is 24.0 Å². The van der Waals surface area contributed by atoms with E-state index in [2.05, 4.69) is 38.1 Å². The lowest BCUT2D eigenvalue weighted by Crippen LogP contribution is -2.40. The Bertz CT molecular complexity index is 547. The number of benzene rings is 1. The lowest BCUT2D eigenvalue weighted by molar-refractivity contribution is 0.269. The summed E-state index contributed by atoms with van der Waals surface area (Å²) in [6.45, 7) is 2.48. The van der Waals surface area contributed by atoms with Crippen LogP contribution in [0.4, 0.5) is 0 Å². The van der Waals surface area contributed by atoms with Crippen molar-refractivity contribution in [2.75, 3.05) is 13.2 Å². The van der Waals surface area contributed by atoms with Crippen molar-refractivity contribution < 1.29 is 9.94 Å². The van der Waals surface area contributed by atoms with E-state index in [0.717, 1.165) is 49.2 Å². The summed E-state index contributed by atoms with van der Waals surface area (Å²) in [7, 11) is 0. The summed E-state index contributed by atoms with van der Waals surface area (Å²) in [5.41, 5.74) is 8.21. The fourth-order valence-electron chi connectivity index (χ4n) is 3.10. The maximum absolute atomic E-state index is 8.88. The molecule has 6 heteroatoms. The van der Waals surface area contributed by atoms with Gasteiger partial charge in [-0.1, -0.05) is 21.1 Å². The van der Waals surface area contributed by atoms with Crippen LogP contribution in [0, 0.1) is 0 Å². The minimum atomic E-state index is 0.0241. The molecule has 0 bridgehead atoms. The molecule has 108 valence electrons. The normalized spacial score (nSPS) is 22.9. The molecular formula is C14H18BrN3O2. The van der Waals surface area contributed by atoms with Crippen LogP contribution >= 0.6 is 15.9 Å². The first kappa shape index (κ1) is 13.7. The van der Waals surface area contributed by atoms with Crippen LogP contribution in [-0.4, -0.2) is 35.1 Å². The maximum atomic E-state index is 8.88. The molecule has 0 saturated carbocycles. The number of rotatable bonds is 3. The van der Waals surface area contributed by atoms with E-state index in [1.54, 1.807) is 0 Å². The number of nitrogens with zero attached hydrogens (tertiary/aromatic N) is 2. The van der Waals surface area contributed by atoms with Gasteiger partial charge < -0.3 is 15.7 Å². The molecule has 5 nitrogen and oxygen atoms in total. The van der Waals surface area contributed by atoms with Gasteiger partial charge in [-0.05, 0) is 37.1 Å². The highest BCUT2D eigenvalue weighted by Crippen LogP contribution is 2.34. The average Bonchev–Trinajstić information content (AvgIpc) is 3.06. The quantitative estimate of drug-likeness (QED) is 0.383. The molecule has 0 spiro atoms. The number of amidine groups is 1. The van der Waals surface area contributed by atoms with Gasteiger partial charge in [-0.2, -0.15) is 0 Å². The topological polar surface area (TPSA) is 71.1 Å². The third kappa shape index (κ3) is 2.50. The Labute approximate surface area is 126 Å². The predicted octanol–water partition coefficient (Wildman–Crippen LogP) is 2.09. The number of nitrogens with two attached hydrogens (primary N) is 1. The molecule has 0 radical (unpaired) electrons. The van der Waals surface area contributed by atoms with Crippen LogP contribution in [0.25, 0.3) is 0 Å². The molecule has 1 fully saturated rings. The Morgan fingerprint density at radius 3 is 3.20 bits per heavy atom. The van der Waals surface area contributed by atoms with Crippen molar-refractivity contribution in [2.45, 2.75) is 31.8 Å². The number of hydrogen-bond donors (Lipinski definition) is 2. The number of ether oxygens (including phenoxy) is 1. The molecular weight excluding hydrogens is 322 g/mol. The lowest BCUT2D eigenvalue weighted by Gasteiger charge is -2.24. The highest BCUT2D eigenvalue weighted by Gasteiger charge is 2.29.